The molecule has 0 heterocycles. The summed E-state index contributed by atoms with van der Waals surface area (Å²) in [4.78, 5) is 0. The van der Waals surface area contributed by atoms with E-state index in [-0.39, 0.29) is 5.75 Å². The second-order valence-corrected chi connectivity index (χ2v) is 6.65. The van der Waals surface area contributed by atoms with Gasteiger partial charge in [-0.3, -0.25) is 0 Å². The van der Waals surface area contributed by atoms with E-state index in [9.17, 15) is 8.42 Å². The van der Waals surface area contributed by atoms with Crippen molar-refractivity contribution < 1.29 is 13.2 Å². The van der Waals surface area contributed by atoms with E-state index in [0.717, 1.165) is 16.5 Å². The summed E-state index contributed by atoms with van der Waals surface area (Å²) >= 11 is 6.13. The highest BCUT2D eigenvalue weighted by Crippen LogP contribution is 2.31. The van der Waals surface area contributed by atoms with Gasteiger partial charge in [0.15, 0.2) is 0 Å². The Balaban J connectivity index is 1.99. The van der Waals surface area contributed by atoms with Gasteiger partial charge < -0.3 is 4.74 Å². The van der Waals surface area contributed by atoms with Gasteiger partial charge in [-0.05, 0) is 25.0 Å². The van der Waals surface area contributed by atoms with Crippen molar-refractivity contribution in [1.29, 1.82) is 0 Å². The van der Waals surface area contributed by atoms with Crippen molar-refractivity contribution in [2.45, 2.75) is 12.8 Å². The smallest absolute Gasteiger partial charge is 0.209 e. The molecule has 0 aliphatic carbocycles. The highest BCUT2D eigenvalue weighted by Gasteiger charge is 2.06. The van der Waals surface area contributed by atoms with Crippen LogP contribution in [0, 0.1) is 0 Å². The number of hydrogen-bond donors (Lipinski definition) is 1. The van der Waals surface area contributed by atoms with E-state index in [2.05, 4.69) is 0 Å². The molecule has 4 nitrogen and oxygen atoms in total. The van der Waals surface area contributed by atoms with Crippen LogP contribution in [-0.4, -0.2) is 20.8 Å². The molecule has 2 rings (SSSR count). The fraction of sp³-hybridized carbons (Fsp3) is 0.286. The number of sulfonamides is 1. The summed E-state index contributed by atoms with van der Waals surface area (Å²) in [6, 6.07) is 11.3. The van der Waals surface area contributed by atoms with Crippen LogP contribution < -0.4 is 9.88 Å². The molecule has 2 aromatic carbocycles. The molecule has 2 aromatic rings. The number of fused-ring (bicyclic) bond motifs is 1. The highest BCUT2D eigenvalue weighted by atomic mass is 35.5. The quantitative estimate of drug-likeness (QED) is 0.834. The average Bonchev–Trinajstić information content (AvgIpc) is 2.40. The molecule has 0 saturated carbocycles. The van der Waals surface area contributed by atoms with Gasteiger partial charge in [-0.15, -0.1) is 0 Å². The zero-order valence-corrected chi connectivity index (χ0v) is 12.5. The third kappa shape index (κ3) is 4.10. The van der Waals surface area contributed by atoms with Crippen LogP contribution in [-0.2, 0) is 10.0 Å². The summed E-state index contributed by atoms with van der Waals surface area (Å²) in [5, 5.41) is 7.51. The lowest BCUT2D eigenvalue weighted by molar-refractivity contribution is 0.313. The van der Waals surface area contributed by atoms with Crippen LogP contribution in [0.2, 0.25) is 5.02 Å². The highest BCUT2D eigenvalue weighted by molar-refractivity contribution is 7.89. The van der Waals surface area contributed by atoms with Gasteiger partial charge in [0.1, 0.15) is 5.75 Å². The Labute approximate surface area is 123 Å². The molecule has 0 fully saturated rings. The summed E-state index contributed by atoms with van der Waals surface area (Å²) < 4.78 is 27.3. The van der Waals surface area contributed by atoms with Gasteiger partial charge in [-0.1, -0.05) is 35.9 Å². The maximum atomic E-state index is 10.8. The van der Waals surface area contributed by atoms with Crippen molar-refractivity contribution in [2.75, 3.05) is 12.4 Å². The molecule has 0 bridgehead atoms. The predicted molar refractivity (Wildman–Crippen MR) is 81.7 cm³/mol. The SMILES string of the molecule is NS(=O)(=O)CCCCOc1ccc(Cl)c2ccccc12. The number of benzene rings is 2. The average molecular weight is 314 g/mol. The predicted octanol–water partition coefficient (Wildman–Crippen LogP) is 2.94. The Bertz CT molecular complexity index is 701. The number of primary sulfonamides is 1. The molecule has 0 aliphatic heterocycles. The molecular weight excluding hydrogens is 298 g/mol. The van der Waals surface area contributed by atoms with Crippen LogP contribution in [0.25, 0.3) is 10.8 Å². The van der Waals surface area contributed by atoms with Crippen LogP contribution in [0.15, 0.2) is 36.4 Å². The van der Waals surface area contributed by atoms with Crippen molar-refractivity contribution in [3.8, 4) is 5.75 Å². The third-order valence-corrected chi connectivity index (χ3v) is 4.10. The van der Waals surface area contributed by atoms with E-state index < -0.39 is 10.0 Å². The first-order chi connectivity index (χ1) is 9.47. The zero-order valence-electron chi connectivity index (χ0n) is 10.9. The lowest BCUT2D eigenvalue weighted by atomic mass is 10.1. The van der Waals surface area contributed by atoms with E-state index in [1.807, 2.05) is 30.3 Å². The number of rotatable bonds is 6. The molecule has 0 radical (unpaired) electrons. The largest absolute Gasteiger partial charge is 0.493 e. The Hall–Kier alpha value is -1.30. The summed E-state index contributed by atoms with van der Waals surface area (Å²) in [5.74, 6) is 0.734. The molecule has 0 aromatic heterocycles. The molecular formula is C14H16ClNO3S. The van der Waals surface area contributed by atoms with Gasteiger partial charge in [-0.2, -0.15) is 0 Å². The number of hydrogen-bond acceptors (Lipinski definition) is 3. The second kappa shape index (κ2) is 6.43. The molecule has 6 heteroatoms. The van der Waals surface area contributed by atoms with Gasteiger partial charge in [0.05, 0.1) is 12.4 Å². The lowest BCUT2D eigenvalue weighted by Crippen LogP contribution is -2.16. The molecule has 0 unspecified atom stereocenters. The monoisotopic (exact) mass is 313 g/mol. The third-order valence-electron chi connectivity index (χ3n) is 2.91. The van der Waals surface area contributed by atoms with E-state index in [1.54, 1.807) is 6.07 Å². The second-order valence-electron chi connectivity index (χ2n) is 4.51. The lowest BCUT2D eigenvalue weighted by Gasteiger charge is -2.10. The van der Waals surface area contributed by atoms with Gasteiger partial charge in [0.2, 0.25) is 10.0 Å². The van der Waals surface area contributed by atoms with Crippen molar-refractivity contribution in [3.63, 3.8) is 0 Å². The minimum atomic E-state index is -3.38. The first-order valence-electron chi connectivity index (χ1n) is 6.28. The summed E-state index contributed by atoms with van der Waals surface area (Å²) in [6.07, 6.45) is 1.12. The van der Waals surface area contributed by atoms with E-state index in [4.69, 9.17) is 21.5 Å². The van der Waals surface area contributed by atoms with Gasteiger partial charge in [-0.25, -0.2) is 13.6 Å². The minimum absolute atomic E-state index is 0.0161. The standard InChI is InChI=1S/C14H16ClNO3S/c15-13-7-8-14(12-6-2-1-5-11(12)13)19-9-3-4-10-20(16,17)18/h1-2,5-8H,3-4,9-10H2,(H2,16,17,18). The summed E-state index contributed by atoms with van der Waals surface area (Å²) in [5.41, 5.74) is 0. The Morgan fingerprint density at radius 1 is 1.05 bits per heavy atom. The Kier molecular flexibility index (Phi) is 4.86. The van der Waals surface area contributed by atoms with Crippen LogP contribution in [0.4, 0.5) is 0 Å². The van der Waals surface area contributed by atoms with Crippen LogP contribution in [0.5, 0.6) is 5.75 Å². The van der Waals surface area contributed by atoms with Crippen LogP contribution in [0.1, 0.15) is 12.8 Å². The van der Waals surface area contributed by atoms with Crippen molar-refractivity contribution in [2.24, 2.45) is 5.14 Å². The van der Waals surface area contributed by atoms with Gasteiger partial charge >= 0.3 is 0 Å². The first-order valence-corrected chi connectivity index (χ1v) is 8.37. The maximum absolute atomic E-state index is 10.8. The fourth-order valence-electron chi connectivity index (χ4n) is 1.95. The molecule has 2 N–H and O–H groups in total. The number of ether oxygens (including phenoxy) is 1. The Morgan fingerprint density at radius 3 is 2.45 bits per heavy atom. The molecule has 0 atom stereocenters. The van der Waals surface area contributed by atoms with Crippen LogP contribution in [0.3, 0.4) is 0 Å². The minimum Gasteiger partial charge on any atom is -0.493 e. The van der Waals surface area contributed by atoms with Crippen molar-refractivity contribution in [1.82, 2.24) is 0 Å². The number of unbranched alkanes of at least 4 members (excludes halogenated alkanes) is 1. The van der Waals surface area contributed by atoms with Gasteiger partial charge in [0, 0.05) is 15.8 Å². The number of halogens is 1. The molecule has 0 saturated heterocycles. The molecule has 108 valence electrons. The first kappa shape index (κ1) is 15.1. The molecule has 0 aliphatic rings. The molecule has 0 spiro atoms. The summed E-state index contributed by atoms with van der Waals surface area (Å²) in [6.45, 7) is 0.446. The van der Waals surface area contributed by atoms with Crippen molar-refractivity contribution >= 4 is 32.4 Å². The van der Waals surface area contributed by atoms with E-state index >= 15 is 0 Å². The van der Waals surface area contributed by atoms with Crippen LogP contribution >= 0.6 is 11.6 Å². The number of nitrogens with two attached hydrogens (primary N) is 1. The van der Waals surface area contributed by atoms with E-state index in [0.29, 0.717) is 24.5 Å². The molecule has 0 amide bonds. The topological polar surface area (TPSA) is 69.4 Å². The zero-order chi connectivity index (χ0) is 14.6. The summed E-state index contributed by atoms with van der Waals surface area (Å²) in [7, 11) is -3.38. The van der Waals surface area contributed by atoms with Crippen molar-refractivity contribution in [3.05, 3.63) is 41.4 Å². The molecule has 20 heavy (non-hydrogen) atoms. The Morgan fingerprint density at radius 2 is 1.75 bits per heavy atom. The normalized spacial score (nSPS) is 11.7. The van der Waals surface area contributed by atoms with Gasteiger partial charge in [0.25, 0.3) is 0 Å². The maximum Gasteiger partial charge on any atom is 0.209 e. The van der Waals surface area contributed by atoms with E-state index in [1.165, 1.54) is 0 Å². The fourth-order valence-corrected chi connectivity index (χ4v) is 2.78.